The van der Waals surface area contributed by atoms with E-state index in [1.165, 1.54) is 6.26 Å². The summed E-state index contributed by atoms with van der Waals surface area (Å²) in [4.78, 5) is 31.7. The molecule has 0 spiro atoms. The predicted molar refractivity (Wildman–Crippen MR) is 104 cm³/mol. The summed E-state index contributed by atoms with van der Waals surface area (Å²) in [7, 11) is 0. The van der Waals surface area contributed by atoms with Gasteiger partial charge in [0.25, 0.3) is 11.6 Å². The number of rotatable bonds is 4. The number of hydrogen-bond acceptors (Lipinski definition) is 7. The Hall–Kier alpha value is -3.16. The molecule has 0 saturated carbocycles. The van der Waals surface area contributed by atoms with E-state index in [1.54, 1.807) is 25.1 Å². The molecule has 1 aliphatic rings. The standard InChI is InChI=1S/C21H23N3O5/c1-12-6-4-7-13(2)24(12)18(25)11-28-21(26)15-10-16(17-8-5-9-27-17)22-20-19(15)14(3)23-29-20/h5,8-10,12-13H,4,6-7,11H2,1-3H3/t12-,13+. The van der Waals surface area contributed by atoms with Gasteiger partial charge in [0.1, 0.15) is 5.69 Å². The van der Waals surface area contributed by atoms with E-state index in [9.17, 15) is 9.59 Å². The minimum atomic E-state index is -0.623. The van der Waals surface area contributed by atoms with Gasteiger partial charge in [-0.25, -0.2) is 9.78 Å². The van der Waals surface area contributed by atoms with Crippen molar-refractivity contribution in [3.05, 3.63) is 35.7 Å². The van der Waals surface area contributed by atoms with E-state index in [-0.39, 0.29) is 35.9 Å². The quantitative estimate of drug-likeness (QED) is 0.618. The van der Waals surface area contributed by atoms with Gasteiger partial charge in [0, 0.05) is 12.1 Å². The zero-order chi connectivity index (χ0) is 20.5. The lowest BCUT2D eigenvalue weighted by Crippen LogP contribution is -2.49. The van der Waals surface area contributed by atoms with Crippen LogP contribution in [0.15, 0.2) is 33.4 Å². The molecule has 3 aromatic rings. The topological polar surface area (TPSA) is 98.7 Å². The van der Waals surface area contributed by atoms with Crippen LogP contribution in [-0.4, -0.2) is 45.6 Å². The smallest absolute Gasteiger partial charge is 0.339 e. The van der Waals surface area contributed by atoms with Crippen LogP contribution in [0.4, 0.5) is 0 Å². The molecule has 4 rings (SSSR count). The Balaban J connectivity index is 1.58. The van der Waals surface area contributed by atoms with Crippen molar-refractivity contribution in [3.8, 4) is 11.5 Å². The maximum absolute atomic E-state index is 12.9. The highest BCUT2D eigenvalue weighted by Crippen LogP contribution is 2.28. The van der Waals surface area contributed by atoms with E-state index >= 15 is 0 Å². The molecule has 4 heterocycles. The van der Waals surface area contributed by atoms with Gasteiger partial charge in [-0.1, -0.05) is 5.16 Å². The van der Waals surface area contributed by atoms with E-state index in [4.69, 9.17) is 13.7 Å². The van der Waals surface area contributed by atoms with Gasteiger partial charge in [-0.15, -0.1) is 0 Å². The number of furan rings is 1. The first-order valence-corrected chi connectivity index (χ1v) is 9.75. The molecule has 1 aliphatic heterocycles. The third-order valence-corrected chi connectivity index (χ3v) is 5.42. The zero-order valence-corrected chi connectivity index (χ0v) is 16.7. The average molecular weight is 397 g/mol. The van der Waals surface area contributed by atoms with Crippen molar-refractivity contribution in [2.75, 3.05) is 6.61 Å². The van der Waals surface area contributed by atoms with Gasteiger partial charge in [-0.05, 0) is 58.2 Å². The summed E-state index contributed by atoms with van der Waals surface area (Å²) in [5.41, 5.74) is 1.41. The van der Waals surface area contributed by atoms with Crippen molar-refractivity contribution in [2.24, 2.45) is 0 Å². The second-order valence-electron chi connectivity index (χ2n) is 7.49. The summed E-state index contributed by atoms with van der Waals surface area (Å²) in [5.74, 6) is -0.319. The minimum absolute atomic E-state index is 0.142. The largest absolute Gasteiger partial charge is 0.463 e. The molecule has 152 valence electrons. The number of hydrogen-bond donors (Lipinski definition) is 0. The van der Waals surface area contributed by atoms with Crippen LogP contribution >= 0.6 is 0 Å². The monoisotopic (exact) mass is 397 g/mol. The van der Waals surface area contributed by atoms with Crippen molar-refractivity contribution >= 4 is 23.0 Å². The number of amides is 1. The molecule has 0 aliphatic carbocycles. The fourth-order valence-electron chi connectivity index (χ4n) is 4.00. The number of aromatic nitrogens is 2. The lowest BCUT2D eigenvalue weighted by molar-refractivity contribution is -0.140. The second kappa shape index (κ2) is 7.69. The number of nitrogens with zero attached hydrogens (tertiary/aromatic N) is 3. The van der Waals surface area contributed by atoms with Crippen LogP contribution < -0.4 is 0 Å². The number of esters is 1. The van der Waals surface area contributed by atoms with Crippen LogP contribution in [0.5, 0.6) is 0 Å². The molecule has 0 N–H and O–H groups in total. The number of fused-ring (bicyclic) bond motifs is 1. The van der Waals surface area contributed by atoms with Crippen molar-refractivity contribution in [2.45, 2.75) is 52.1 Å². The SMILES string of the molecule is Cc1noc2nc(-c3ccco3)cc(C(=O)OCC(=O)N3[C@H](C)CCC[C@@H]3C)c12. The lowest BCUT2D eigenvalue weighted by atomic mass is 9.97. The Kier molecular flexibility index (Phi) is 5.08. The Morgan fingerprint density at radius 1 is 1.28 bits per heavy atom. The number of likely N-dealkylation sites (tertiary alicyclic amines) is 1. The summed E-state index contributed by atoms with van der Waals surface area (Å²) < 4.78 is 16.0. The van der Waals surface area contributed by atoms with Crippen LogP contribution in [0.25, 0.3) is 22.6 Å². The molecule has 0 unspecified atom stereocenters. The van der Waals surface area contributed by atoms with Crippen LogP contribution in [0.1, 0.15) is 49.2 Å². The molecule has 0 bridgehead atoms. The predicted octanol–water partition coefficient (Wildman–Crippen LogP) is 3.74. The van der Waals surface area contributed by atoms with Gasteiger partial charge in [-0.3, -0.25) is 4.79 Å². The van der Waals surface area contributed by atoms with E-state index in [0.717, 1.165) is 19.3 Å². The molecule has 3 aromatic heterocycles. The third-order valence-electron chi connectivity index (χ3n) is 5.42. The number of aryl methyl sites for hydroxylation is 1. The van der Waals surface area contributed by atoms with Crippen molar-refractivity contribution < 1.29 is 23.3 Å². The summed E-state index contributed by atoms with van der Waals surface area (Å²) in [6.07, 6.45) is 4.54. The molecule has 8 nitrogen and oxygen atoms in total. The Morgan fingerprint density at radius 3 is 2.72 bits per heavy atom. The number of pyridine rings is 1. The molecule has 1 amide bonds. The highest BCUT2D eigenvalue weighted by atomic mass is 16.5. The zero-order valence-electron chi connectivity index (χ0n) is 16.7. The van der Waals surface area contributed by atoms with Crippen LogP contribution in [0.2, 0.25) is 0 Å². The van der Waals surface area contributed by atoms with Gasteiger partial charge in [-0.2, -0.15) is 0 Å². The molecule has 2 atom stereocenters. The summed E-state index contributed by atoms with van der Waals surface area (Å²) in [6, 6.07) is 5.32. The van der Waals surface area contributed by atoms with E-state index in [1.807, 2.05) is 18.7 Å². The van der Waals surface area contributed by atoms with E-state index in [2.05, 4.69) is 10.1 Å². The Bertz CT molecular complexity index is 1030. The van der Waals surface area contributed by atoms with Crippen LogP contribution in [0, 0.1) is 6.92 Å². The molecule has 1 fully saturated rings. The molecule has 0 radical (unpaired) electrons. The first-order chi connectivity index (χ1) is 14.0. The number of piperidine rings is 1. The molecular weight excluding hydrogens is 374 g/mol. The summed E-state index contributed by atoms with van der Waals surface area (Å²) >= 11 is 0. The number of carbonyl (C=O) groups excluding carboxylic acids is 2. The molecule has 29 heavy (non-hydrogen) atoms. The highest BCUT2D eigenvalue weighted by Gasteiger charge is 2.30. The van der Waals surface area contributed by atoms with Gasteiger partial charge >= 0.3 is 5.97 Å². The Morgan fingerprint density at radius 2 is 2.03 bits per heavy atom. The second-order valence-corrected chi connectivity index (χ2v) is 7.49. The van der Waals surface area contributed by atoms with Crippen molar-refractivity contribution in [1.29, 1.82) is 0 Å². The minimum Gasteiger partial charge on any atom is -0.463 e. The number of ether oxygens (including phenoxy) is 1. The fraction of sp³-hybridized carbons (Fsp3) is 0.429. The van der Waals surface area contributed by atoms with Gasteiger partial charge < -0.3 is 18.6 Å². The van der Waals surface area contributed by atoms with Crippen molar-refractivity contribution in [3.63, 3.8) is 0 Å². The van der Waals surface area contributed by atoms with Gasteiger partial charge in [0.2, 0.25) is 0 Å². The first kappa shape index (κ1) is 19.2. The maximum Gasteiger partial charge on any atom is 0.339 e. The molecule has 8 heteroatoms. The lowest BCUT2D eigenvalue weighted by Gasteiger charge is -2.38. The summed E-state index contributed by atoms with van der Waals surface area (Å²) in [5, 5.41) is 4.37. The maximum atomic E-state index is 12.9. The van der Waals surface area contributed by atoms with Gasteiger partial charge in [0.15, 0.2) is 12.4 Å². The van der Waals surface area contributed by atoms with Crippen LogP contribution in [-0.2, 0) is 9.53 Å². The highest BCUT2D eigenvalue weighted by molar-refractivity contribution is 6.04. The number of carbonyl (C=O) groups is 2. The summed E-state index contributed by atoms with van der Waals surface area (Å²) in [6.45, 7) is 5.46. The van der Waals surface area contributed by atoms with E-state index in [0.29, 0.717) is 22.5 Å². The normalized spacial score (nSPS) is 19.5. The van der Waals surface area contributed by atoms with Crippen molar-refractivity contribution in [1.82, 2.24) is 15.0 Å². The van der Waals surface area contributed by atoms with E-state index < -0.39 is 5.97 Å². The molecule has 1 saturated heterocycles. The first-order valence-electron chi connectivity index (χ1n) is 9.75. The van der Waals surface area contributed by atoms with Gasteiger partial charge in [0.05, 0.1) is 22.9 Å². The molecular formula is C21H23N3O5. The molecule has 0 aromatic carbocycles. The third kappa shape index (κ3) is 3.62. The fourth-order valence-corrected chi connectivity index (χ4v) is 4.00. The Labute approximate surface area is 167 Å². The van der Waals surface area contributed by atoms with Crippen LogP contribution in [0.3, 0.4) is 0 Å². The average Bonchev–Trinajstić information content (AvgIpc) is 3.36.